The summed E-state index contributed by atoms with van der Waals surface area (Å²) in [6.07, 6.45) is -0.0114. The average Bonchev–Trinajstić information content (AvgIpc) is 2.25. The van der Waals surface area contributed by atoms with Gasteiger partial charge in [0.05, 0.1) is 0 Å². The van der Waals surface area contributed by atoms with Gasteiger partial charge < -0.3 is 4.74 Å². The van der Waals surface area contributed by atoms with E-state index in [2.05, 4.69) is 26.0 Å². The molecule has 0 saturated heterocycles. The van der Waals surface area contributed by atoms with Crippen LogP contribution in [0.1, 0.15) is 20.8 Å². The quantitative estimate of drug-likeness (QED) is 0.581. The monoisotopic (exact) mass is 238 g/mol. The molecule has 0 radical (unpaired) electrons. The van der Waals surface area contributed by atoms with Crippen LogP contribution in [-0.2, 0) is 9.53 Å². The van der Waals surface area contributed by atoms with Gasteiger partial charge in [0.1, 0.15) is 6.10 Å². The number of ether oxygens (including phenoxy) is 1. The molecule has 1 rings (SSSR count). The Morgan fingerprint density at radius 2 is 1.94 bits per heavy atom. The first-order valence-corrected chi connectivity index (χ1v) is 6.43. The number of thioether (sulfide) groups is 1. The largest absolute Gasteiger partial charge is 0.461 e. The number of hydrogen-bond donors (Lipinski definition) is 0. The highest BCUT2D eigenvalue weighted by atomic mass is 32.2. The van der Waals surface area contributed by atoms with E-state index in [4.69, 9.17) is 4.74 Å². The molecule has 0 spiro atoms. The molecule has 1 atom stereocenters. The number of rotatable bonds is 5. The van der Waals surface area contributed by atoms with Crippen molar-refractivity contribution in [2.75, 3.05) is 5.75 Å². The molecule has 0 aliphatic heterocycles. The van der Waals surface area contributed by atoms with Crippen LogP contribution in [0.4, 0.5) is 0 Å². The molecule has 0 heterocycles. The summed E-state index contributed by atoms with van der Waals surface area (Å²) in [6, 6.07) is 10.2. The van der Waals surface area contributed by atoms with Gasteiger partial charge in [-0.15, -0.1) is 11.8 Å². The number of benzene rings is 1. The molecule has 1 aromatic rings. The molecule has 3 heteroatoms. The van der Waals surface area contributed by atoms with E-state index in [-0.39, 0.29) is 12.1 Å². The van der Waals surface area contributed by atoms with E-state index in [0.29, 0.717) is 5.92 Å². The van der Waals surface area contributed by atoms with Crippen molar-refractivity contribution in [3.63, 3.8) is 0 Å². The highest BCUT2D eigenvalue weighted by Crippen LogP contribution is 2.21. The van der Waals surface area contributed by atoms with Crippen LogP contribution in [0, 0.1) is 5.92 Å². The van der Waals surface area contributed by atoms with Crippen molar-refractivity contribution in [3.8, 4) is 0 Å². The molecular weight excluding hydrogens is 220 g/mol. The first-order valence-electron chi connectivity index (χ1n) is 5.44. The second-order valence-electron chi connectivity index (χ2n) is 4.02. The van der Waals surface area contributed by atoms with Crippen LogP contribution in [-0.4, -0.2) is 17.8 Å². The normalized spacial score (nSPS) is 12.5. The van der Waals surface area contributed by atoms with Gasteiger partial charge in [-0.2, -0.15) is 0 Å². The predicted octanol–water partition coefficient (Wildman–Crippen LogP) is 3.37. The lowest BCUT2D eigenvalue weighted by atomic mass is 10.1. The number of esters is 1. The average molecular weight is 238 g/mol. The molecule has 0 aliphatic carbocycles. The Morgan fingerprint density at radius 3 is 2.44 bits per heavy atom. The number of carbonyl (C=O) groups excluding carboxylic acids is 1. The molecule has 88 valence electrons. The Kier molecular flexibility index (Phi) is 5.39. The van der Waals surface area contributed by atoms with Crippen LogP contribution < -0.4 is 0 Å². The fraction of sp³-hybridized carbons (Fsp3) is 0.462. The van der Waals surface area contributed by atoms with Crippen molar-refractivity contribution in [2.24, 2.45) is 5.92 Å². The van der Waals surface area contributed by atoms with Crippen molar-refractivity contribution >= 4 is 17.7 Å². The minimum Gasteiger partial charge on any atom is -0.461 e. The summed E-state index contributed by atoms with van der Waals surface area (Å²) >= 11 is 1.72. The topological polar surface area (TPSA) is 26.3 Å². The Bertz CT molecular complexity index is 322. The van der Waals surface area contributed by atoms with Gasteiger partial charge in [-0.3, -0.25) is 4.79 Å². The first-order chi connectivity index (χ1) is 7.59. The van der Waals surface area contributed by atoms with E-state index in [1.165, 1.54) is 11.8 Å². The van der Waals surface area contributed by atoms with E-state index < -0.39 is 0 Å². The lowest BCUT2D eigenvalue weighted by Gasteiger charge is -2.20. The number of carbonyl (C=O) groups is 1. The van der Waals surface area contributed by atoms with Crippen LogP contribution in [0.5, 0.6) is 0 Å². The SMILES string of the molecule is CC(=O)OC(CSc1ccccc1)C(C)C. The molecule has 0 bridgehead atoms. The van der Waals surface area contributed by atoms with Gasteiger partial charge in [0, 0.05) is 17.6 Å². The van der Waals surface area contributed by atoms with E-state index in [1.54, 1.807) is 11.8 Å². The van der Waals surface area contributed by atoms with Gasteiger partial charge >= 0.3 is 5.97 Å². The zero-order valence-corrected chi connectivity index (χ0v) is 10.8. The molecular formula is C13H18O2S. The van der Waals surface area contributed by atoms with E-state index in [0.717, 1.165) is 5.75 Å². The summed E-state index contributed by atoms with van der Waals surface area (Å²) in [6.45, 7) is 5.60. The van der Waals surface area contributed by atoms with Gasteiger partial charge in [0.25, 0.3) is 0 Å². The fourth-order valence-electron chi connectivity index (χ4n) is 1.27. The fourth-order valence-corrected chi connectivity index (χ4v) is 2.43. The Hall–Kier alpha value is -0.960. The van der Waals surface area contributed by atoms with Gasteiger partial charge in [0.15, 0.2) is 0 Å². The highest BCUT2D eigenvalue weighted by molar-refractivity contribution is 7.99. The second-order valence-corrected chi connectivity index (χ2v) is 5.11. The zero-order valence-electron chi connectivity index (χ0n) is 9.97. The van der Waals surface area contributed by atoms with Crippen LogP contribution in [0.2, 0.25) is 0 Å². The third-order valence-corrected chi connectivity index (χ3v) is 3.32. The molecule has 16 heavy (non-hydrogen) atoms. The summed E-state index contributed by atoms with van der Waals surface area (Å²) in [5, 5.41) is 0. The molecule has 0 amide bonds. The molecule has 0 saturated carbocycles. The van der Waals surface area contributed by atoms with E-state index >= 15 is 0 Å². The Balaban J connectivity index is 2.47. The number of hydrogen-bond acceptors (Lipinski definition) is 3. The minimum absolute atomic E-state index is 0.0114. The minimum atomic E-state index is -0.202. The Labute approximate surface area is 101 Å². The van der Waals surface area contributed by atoms with Gasteiger partial charge in [-0.25, -0.2) is 0 Å². The van der Waals surface area contributed by atoms with E-state index in [9.17, 15) is 4.79 Å². The standard InChI is InChI=1S/C13H18O2S/c1-10(2)13(15-11(3)14)9-16-12-7-5-4-6-8-12/h4-8,10,13H,9H2,1-3H3. The smallest absolute Gasteiger partial charge is 0.302 e. The third-order valence-electron chi connectivity index (χ3n) is 2.22. The maximum Gasteiger partial charge on any atom is 0.302 e. The third kappa shape index (κ3) is 4.71. The predicted molar refractivity (Wildman–Crippen MR) is 67.6 cm³/mol. The highest BCUT2D eigenvalue weighted by Gasteiger charge is 2.16. The lowest BCUT2D eigenvalue weighted by molar-refractivity contribution is -0.147. The zero-order chi connectivity index (χ0) is 12.0. The van der Waals surface area contributed by atoms with Gasteiger partial charge in [-0.05, 0) is 18.1 Å². The van der Waals surface area contributed by atoms with Crippen LogP contribution in [0.15, 0.2) is 35.2 Å². The maximum absolute atomic E-state index is 10.9. The van der Waals surface area contributed by atoms with Crippen molar-refractivity contribution in [2.45, 2.75) is 31.8 Å². The Morgan fingerprint density at radius 1 is 1.31 bits per heavy atom. The summed E-state index contributed by atoms with van der Waals surface area (Å²) in [7, 11) is 0. The first kappa shape index (κ1) is 13.1. The van der Waals surface area contributed by atoms with Crippen molar-refractivity contribution in [1.29, 1.82) is 0 Å². The summed E-state index contributed by atoms with van der Waals surface area (Å²) in [5.41, 5.74) is 0. The van der Waals surface area contributed by atoms with Crippen molar-refractivity contribution in [1.82, 2.24) is 0 Å². The van der Waals surface area contributed by atoms with Gasteiger partial charge in [-0.1, -0.05) is 32.0 Å². The molecule has 0 fully saturated rings. The molecule has 1 unspecified atom stereocenters. The van der Waals surface area contributed by atoms with Crippen molar-refractivity contribution in [3.05, 3.63) is 30.3 Å². The summed E-state index contributed by atoms with van der Waals surface area (Å²) < 4.78 is 5.27. The molecule has 0 N–H and O–H groups in total. The molecule has 0 aromatic heterocycles. The van der Waals surface area contributed by atoms with Crippen LogP contribution in [0.3, 0.4) is 0 Å². The molecule has 0 aliphatic rings. The van der Waals surface area contributed by atoms with E-state index in [1.807, 2.05) is 18.2 Å². The molecule has 1 aromatic carbocycles. The second kappa shape index (κ2) is 6.59. The summed E-state index contributed by atoms with van der Waals surface area (Å²) in [4.78, 5) is 12.1. The van der Waals surface area contributed by atoms with Crippen LogP contribution in [0.25, 0.3) is 0 Å². The lowest BCUT2D eigenvalue weighted by Crippen LogP contribution is -2.24. The van der Waals surface area contributed by atoms with Gasteiger partial charge in [0.2, 0.25) is 0 Å². The summed E-state index contributed by atoms with van der Waals surface area (Å²) in [5.74, 6) is 0.953. The van der Waals surface area contributed by atoms with Crippen molar-refractivity contribution < 1.29 is 9.53 Å². The maximum atomic E-state index is 10.9. The molecule has 2 nitrogen and oxygen atoms in total. The van der Waals surface area contributed by atoms with Crippen LogP contribution >= 0.6 is 11.8 Å².